The molecule has 1 aliphatic rings. The van der Waals surface area contributed by atoms with Crippen molar-refractivity contribution in [3.63, 3.8) is 0 Å². The fourth-order valence-corrected chi connectivity index (χ4v) is 5.57. The molecule has 3 nitrogen and oxygen atoms in total. The van der Waals surface area contributed by atoms with Gasteiger partial charge in [0.15, 0.2) is 0 Å². The minimum absolute atomic E-state index is 0.301. The van der Waals surface area contributed by atoms with Crippen molar-refractivity contribution in [2.45, 2.75) is 65.2 Å². The summed E-state index contributed by atoms with van der Waals surface area (Å²) in [4.78, 5) is 13.5. The van der Waals surface area contributed by atoms with Crippen LogP contribution in [0.4, 0.5) is 0 Å². The average Bonchev–Trinajstić information content (AvgIpc) is 2.78. The number of carbonyl (C=O) groups is 1. The molecule has 0 aliphatic carbocycles. The van der Waals surface area contributed by atoms with Crippen LogP contribution in [0.25, 0.3) is 0 Å². The van der Waals surface area contributed by atoms with Crippen LogP contribution in [0.2, 0.25) is 0 Å². The summed E-state index contributed by atoms with van der Waals surface area (Å²) in [6, 6.07) is 22.6. The third-order valence-corrected chi connectivity index (χ3v) is 7.74. The zero-order chi connectivity index (χ0) is 24.0. The van der Waals surface area contributed by atoms with Gasteiger partial charge in [-0.3, -0.25) is 4.79 Å². The first-order valence-electron chi connectivity index (χ1n) is 11.9. The monoisotopic (exact) mass is 441 g/mol. The minimum atomic E-state index is -0.891. The number of ether oxygens (including phenoxy) is 1. The van der Waals surface area contributed by atoms with Crippen LogP contribution in [-0.2, 0) is 16.6 Å². The number of nitrogens with two attached hydrogens (primary N) is 1. The normalized spacial score (nSPS) is 16.0. The Labute approximate surface area is 198 Å². The van der Waals surface area contributed by atoms with E-state index in [0.717, 1.165) is 22.6 Å². The van der Waals surface area contributed by atoms with E-state index in [1.165, 1.54) is 16.7 Å². The Kier molecular flexibility index (Phi) is 5.86. The van der Waals surface area contributed by atoms with Crippen molar-refractivity contribution in [2.75, 3.05) is 0 Å². The van der Waals surface area contributed by atoms with Gasteiger partial charge in [0.2, 0.25) is 5.91 Å². The van der Waals surface area contributed by atoms with Gasteiger partial charge in [-0.15, -0.1) is 0 Å². The first kappa shape index (κ1) is 23.1. The molecule has 0 saturated heterocycles. The highest BCUT2D eigenvalue weighted by molar-refractivity contribution is 5.85. The molecule has 33 heavy (non-hydrogen) atoms. The number of fused-ring (bicyclic) bond motifs is 2. The second kappa shape index (κ2) is 8.37. The number of carbonyl (C=O) groups excluding carboxylic acids is 1. The number of primary amides is 1. The predicted molar refractivity (Wildman–Crippen MR) is 135 cm³/mol. The van der Waals surface area contributed by atoms with E-state index in [1.54, 1.807) is 0 Å². The lowest BCUT2D eigenvalue weighted by Crippen LogP contribution is -2.53. The fourth-order valence-electron chi connectivity index (χ4n) is 5.57. The molecule has 1 aliphatic heterocycles. The highest BCUT2D eigenvalue weighted by Crippen LogP contribution is 2.57. The third-order valence-electron chi connectivity index (χ3n) is 7.74. The molecule has 1 atom stereocenters. The van der Waals surface area contributed by atoms with Crippen molar-refractivity contribution in [3.8, 4) is 11.5 Å². The van der Waals surface area contributed by atoms with Crippen LogP contribution in [0.5, 0.6) is 11.5 Å². The van der Waals surface area contributed by atoms with Crippen LogP contribution >= 0.6 is 0 Å². The van der Waals surface area contributed by atoms with E-state index in [4.69, 9.17) is 10.5 Å². The maximum Gasteiger partial charge on any atom is 0.224 e. The average molecular weight is 442 g/mol. The van der Waals surface area contributed by atoms with Gasteiger partial charge in [-0.1, -0.05) is 89.2 Å². The molecule has 0 fully saturated rings. The number of rotatable bonds is 6. The first-order chi connectivity index (χ1) is 15.6. The number of para-hydroxylation sites is 2. The van der Waals surface area contributed by atoms with Crippen molar-refractivity contribution in [2.24, 2.45) is 11.1 Å². The summed E-state index contributed by atoms with van der Waals surface area (Å²) in [6.45, 7) is 13.0. The van der Waals surface area contributed by atoms with E-state index in [9.17, 15) is 4.79 Å². The van der Waals surface area contributed by atoms with E-state index >= 15 is 0 Å². The summed E-state index contributed by atoms with van der Waals surface area (Å²) in [5, 5.41) is 0. The topological polar surface area (TPSA) is 52.3 Å². The van der Waals surface area contributed by atoms with Gasteiger partial charge in [0.25, 0.3) is 0 Å². The van der Waals surface area contributed by atoms with Crippen molar-refractivity contribution >= 4 is 5.91 Å². The van der Waals surface area contributed by atoms with Gasteiger partial charge >= 0.3 is 0 Å². The highest BCUT2D eigenvalue weighted by Gasteiger charge is 2.55. The summed E-state index contributed by atoms with van der Waals surface area (Å²) < 4.78 is 6.27. The third kappa shape index (κ3) is 3.55. The Morgan fingerprint density at radius 1 is 0.848 bits per heavy atom. The van der Waals surface area contributed by atoms with E-state index in [2.05, 4.69) is 65.0 Å². The second-order valence-corrected chi connectivity index (χ2v) is 10.3. The van der Waals surface area contributed by atoms with Crippen LogP contribution < -0.4 is 10.5 Å². The van der Waals surface area contributed by atoms with Crippen molar-refractivity contribution in [3.05, 3.63) is 94.5 Å². The standard InChI is InChI=1S/C30H35NO2/c1-19(2)21-12-11-13-22(20(3)4)23(21)18-29(5,28(31)32)30(6)24-14-7-9-16-26(24)33-27-17-10-8-15-25(27)30/h7-17,19-20H,18H2,1-6H3,(H2,31,32). The molecule has 0 aromatic heterocycles. The molecule has 0 spiro atoms. The molecular weight excluding hydrogens is 406 g/mol. The van der Waals surface area contributed by atoms with Crippen LogP contribution in [0.3, 0.4) is 0 Å². The molecule has 172 valence electrons. The summed E-state index contributed by atoms with van der Waals surface area (Å²) in [5.74, 6) is 1.96. The van der Waals surface area contributed by atoms with Crippen LogP contribution in [-0.4, -0.2) is 5.91 Å². The summed E-state index contributed by atoms with van der Waals surface area (Å²) in [6.07, 6.45) is 0.559. The molecule has 3 aromatic carbocycles. The molecular formula is C30H35NO2. The summed E-state index contributed by atoms with van der Waals surface area (Å²) in [5.41, 5.74) is 10.6. The number of hydrogen-bond acceptors (Lipinski definition) is 2. The highest BCUT2D eigenvalue weighted by atomic mass is 16.5. The zero-order valence-electron chi connectivity index (χ0n) is 20.6. The van der Waals surface area contributed by atoms with E-state index in [0.29, 0.717) is 18.3 Å². The summed E-state index contributed by atoms with van der Waals surface area (Å²) >= 11 is 0. The van der Waals surface area contributed by atoms with E-state index in [-0.39, 0.29) is 5.91 Å². The zero-order valence-corrected chi connectivity index (χ0v) is 20.6. The lowest BCUT2D eigenvalue weighted by Gasteiger charge is -2.49. The Bertz CT molecular complexity index is 1120. The smallest absolute Gasteiger partial charge is 0.224 e. The first-order valence-corrected chi connectivity index (χ1v) is 11.9. The molecule has 4 rings (SSSR count). The Hall–Kier alpha value is -3.07. The second-order valence-electron chi connectivity index (χ2n) is 10.3. The van der Waals surface area contributed by atoms with Crippen molar-refractivity contribution in [1.82, 2.24) is 0 Å². The molecule has 3 aromatic rings. The molecule has 2 N–H and O–H groups in total. The predicted octanol–water partition coefficient (Wildman–Crippen LogP) is 7.08. The van der Waals surface area contributed by atoms with E-state index in [1.807, 2.05) is 43.3 Å². The van der Waals surface area contributed by atoms with Gasteiger partial charge in [0.1, 0.15) is 11.5 Å². The lowest BCUT2D eigenvalue weighted by atomic mass is 9.54. The van der Waals surface area contributed by atoms with Crippen LogP contribution in [0.1, 0.15) is 81.2 Å². The van der Waals surface area contributed by atoms with Gasteiger partial charge in [-0.05, 0) is 54.0 Å². The molecule has 0 bridgehead atoms. The van der Waals surface area contributed by atoms with Gasteiger partial charge < -0.3 is 10.5 Å². The van der Waals surface area contributed by atoms with Gasteiger partial charge in [-0.25, -0.2) is 0 Å². The minimum Gasteiger partial charge on any atom is -0.457 e. The molecule has 0 radical (unpaired) electrons. The van der Waals surface area contributed by atoms with Gasteiger partial charge in [-0.2, -0.15) is 0 Å². The Balaban J connectivity index is 2.01. The Morgan fingerprint density at radius 3 is 1.73 bits per heavy atom. The molecule has 0 saturated carbocycles. The van der Waals surface area contributed by atoms with Gasteiger partial charge in [0, 0.05) is 16.5 Å². The van der Waals surface area contributed by atoms with E-state index < -0.39 is 10.8 Å². The molecule has 1 heterocycles. The van der Waals surface area contributed by atoms with Crippen LogP contribution in [0, 0.1) is 5.41 Å². The Morgan fingerprint density at radius 2 is 1.30 bits per heavy atom. The van der Waals surface area contributed by atoms with Crippen molar-refractivity contribution in [1.29, 1.82) is 0 Å². The quantitative estimate of drug-likeness (QED) is 0.444. The molecule has 1 amide bonds. The largest absolute Gasteiger partial charge is 0.457 e. The number of hydrogen-bond donors (Lipinski definition) is 1. The van der Waals surface area contributed by atoms with Crippen molar-refractivity contribution < 1.29 is 9.53 Å². The fraction of sp³-hybridized carbons (Fsp3) is 0.367. The van der Waals surface area contributed by atoms with Crippen LogP contribution in [0.15, 0.2) is 66.7 Å². The SMILES string of the molecule is CC(C)c1cccc(C(C)C)c1CC(C)(C(N)=O)C1(C)c2ccccc2Oc2ccccc21. The number of benzene rings is 3. The number of amides is 1. The van der Waals surface area contributed by atoms with Gasteiger partial charge in [0.05, 0.1) is 5.41 Å². The molecule has 3 heteroatoms. The maximum absolute atomic E-state index is 13.5. The maximum atomic E-state index is 13.5. The molecule has 1 unspecified atom stereocenters. The summed E-state index contributed by atoms with van der Waals surface area (Å²) in [7, 11) is 0. The lowest BCUT2D eigenvalue weighted by molar-refractivity contribution is -0.129.